The predicted molar refractivity (Wildman–Crippen MR) is 100 cm³/mol. The molecule has 0 aromatic heterocycles. The minimum Gasteiger partial charge on any atom is -0.360 e. The number of nitrogens with zero attached hydrogens (tertiary/aromatic N) is 1. The van der Waals surface area contributed by atoms with E-state index in [1.165, 1.54) is 6.07 Å². The van der Waals surface area contributed by atoms with Gasteiger partial charge in [-0.1, -0.05) is 0 Å². The van der Waals surface area contributed by atoms with Gasteiger partial charge in [0.25, 0.3) is 5.91 Å². The SMILES string of the molecule is N#C/C(=C/Nc1cc(C(F)(F)F)cc(C(F)(F)F)c1)C(=O)Nc1ccc(S(N)(=O)=O)cc1. The maximum absolute atomic E-state index is 12.9. The van der Waals surface area contributed by atoms with E-state index < -0.39 is 50.7 Å². The lowest BCUT2D eigenvalue weighted by Crippen LogP contribution is -2.16. The van der Waals surface area contributed by atoms with Crippen molar-refractivity contribution >= 4 is 27.3 Å². The van der Waals surface area contributed by atoms with Crippen LogP contribution in [0.3, 0.4) is 0 Å². The summed E-state index contributed by atoms with van der Waals surface area (Å²) in [5.41, 5.74) is -4.47. The van der Waals surface area contributed by atoms with Crippen molar-refractivity contribution in [2.45, 2.75) is 17.2 Å². The summed E-state index contributed by atoms with van der Waals surface area (Å²) in [6.07, 6.45) is -9.51. The number of carbonyl (C=O) groups is 1. The molecular weight excluding hydrogens is 466 g/mol. The van der Waals surface area contributed by atoms with Gasteiger partial charge in [-0.3, -0.25) is 4.79 Å². The fourth-order valence-electron chi connectivity index (χ4n) is 2.27. The number of hydrogen-bond acceptors (Lipinski definition) is 5. The van der Waals surface area contributed by atoms with Gasteiger partial charge in [0.05, 0.1) is 16.0 Å². The zero-order chi connectivity index (χ0) is 24.3. The maximum atomic E-state index is 12.9. The molecule has 0 fully saturated rings. The molecule has 0 saturated heterocycles. The largest absolute Gasteiger partial charge is 0.416 e. The van der Waals surface area contributed by atoms with Crippen LogP contribution in [0.25, 0.3) is 0 Å². The van der Waals surface area contributed by atoms with E-state index in [4.69, 9.17) is 10.4 Å². The lowest BCUT2D eigenvalue weighted by molar-refractivity contribution is -0.143. The molecule has 0 aliphatic heterocycles. The van der Waals surface area contributed by atoms with Crippen molar-refractivity contribution in [3.8, 4) is 6.07 Å². The van der Waals surface area contributed by atoms with Crippen molar-refractivity contribution in [2.24, 2.45) is 5.14 Å². The summed E-state index contributed by atoms with van der Waals surface area (Å²) in [6, 6.07) is 6.58. The minimum atomic E-state index is -5.07. The van der Waals surface area contributed by atoms with Crippen LogP contribution in [0, 0.1) is 11.3 Å². The summed E-state index contributed by atoms with van der Waals surface area (Å²) in [7, 11) is -3.98. The van der Waals surface area contributed by atoms with Crippen LogP contribution in [0.2, 0.25) is 0 Å². The number of halogens is 6. The van der Waals surface area contributed by atoms with E-state index in [1.807, 2.05) is 0 Å². The van der Waals surface area contributed by atoms with Gasteiger partial charge in [-0.15, -0.1) is 0 Å². The zero-order valence-corrected chi connectivity index (χ0v) is 16.4. The van der Waals surface area contributed by atoms with E-state index >= 15 is 0 Å². The number of hydrogen-bond donors (Lipinski definition) is 3. The second kappa shape index (κ2) is 8.89. The van der Waals surface area contributed by atoms with Crippen molar-refractivity contribution < 1.29 is 39.6 Å². The highest BCUT2D eigenvalue weighted by Gasteiger charge is 2.36. The quantitative estimate of drug-likeness (QED) is 0.342. The Morgan fingerprint density at radius 2 is 1.44 bits per heavy atom. The molecule has 0 bridgehead atoms. The Bertz CT molecular complexity index is 1160. The van der Waals surface area contributed by atoms with E-state index in [0.717, 1.165) is 24.3 Å². The molecule has 0 heterocycles. The summed E-state index contributed by atoms with van der Waals surface area (Å²) in [4.78, 5) is 11.9. The van der Waals surface area contributed by atoms with Crippen LogP contribution in [0.4, 0.5) is 37.7 Å². The van der Waals surface area contributed by atoms with Gasteiger partial charge in [0.15, 0.2) is 0 Å². The highest BCUT2D eigenvalue weighted by Crippen LogP contribution is 2.37. The van der Waals surface area contributed by atoms with Gasteiger partial charge in [0, 0.05) is 17.6 Å². The maximum Gasteiger partial charge on any atom is 0.416 e. The third-order valence-electron chi connectivity index (χ3n) is 3.78. The van der Waals surface area contributed by atoms with Crippen LogP contribution in [0.1, 0.15) is 11.1 Å². The Morgan fingerprint density at radius 1 is 0.938 bits per heavy atom. The molecule has 4 N–H and O–H groups in total. The van der Waals surface area contributed by atoms with Gasteiger partial charge < -0.3 is 10.6 Å². The molecule has 0 aliphatic carbocycles. The Labute approximate surface area is 177 Å². The molecule has 14 heteroatoms. The van der Waals surface area contributed by atoms with Crippen LogP contribution in [-0.2, 0) is 27.2 Å². The Morgan fingerprint density at radius 3 is 1.84 bits per heavy atom. The Hall–Kier alpha value is -3.57. The second-order valence-corrected chi connectivity index (χ2v) is 7.69. The molecule has 2 rings (SSSR count). The van der Waals surface area contributed by atoms with E-state index in [1.54, 1.807) is 0 Å². The number of amides is 1. The smallest absolute Gasteiger partial charge is 0.360 e. The second-order valence-electron chi connectivity index (χ2n) is 6.13. The van der Waals surface area contributed by atoms with Crippen LogP contribution >= 0.6 is 0 Å². The molecule has 0 radical (unpaired) electrons. The summed E-state index contributed by atoms with van der Waals surface area (Å²) in [5, 5.41) is 18.3. The van der Waals surface area contributed by atoms with Crippen LogP contribution in [0.15, 0.2) is 59.1 Å². The van der Waals surface area contributed by atoms with Gasteiger partial charge >= 0.3 is 12.4 Å². The number of carbonyl (C=O) groups excluding carboxylic acids is 1. The number of sulfonamides is 1. The third-order valence-corrected chi connectivity index (χ3v) is 4.71. The summed E-state index contributed by atoms with van der Waals surface area (Å²) in [6.45, 7) is 0. The first kappa shape index (κ1) is 24.7. The molecule has 170 valence electrons. The third kappa shape index (κ3) is 6.46. The summed E-state index contributed by atoms with van der Waals surface area (Å²) >= 11 is 0. The monoisotopic (exact) mass is 478 g/mol. The van der Waals surface area contributed by atoms with E-state index in [9.17, 15) is 39.6 Å². The van der Waals surface area contributed by atoms with Crippen molar-refractivity contribution in [1.29, 1.82) is 5.26 Å². The number of nitriles is 1. The first-order valence-corrected chi connectivity index (χ1v) is 9.76. The highest BCUT2D eigenvalue weighted by atomic mass is 32.2. The van der Waals surface area contributed by atoms with Crippen molar-refractivity contribution in [2.75, 3.05) is 10.6 Å². The van der Waals surface area contributed by atoms with Crippen molar-refractivity contribution in [3.05, 3.63) is 65.4 Å². The number of primary sulfonamides is 1. The van der Waals surface area contributed by atoms with Gasteiger partial charge in [-0.25, -0.2) is 13.6 Å². The predicted octanol–water partition coefficient (Wildman–Crippen LogP) is 3.83. The van der Waals surface area contributed by atoms with Gasteiger partial charge in [0.2, 0.25) is 10.0 Å². The van der Waals surface area contributed by atoms with Crippen LogP contribution in [-0.4, -0.2) is 14.3 Å². The fourth-order valence-corrected chi connectivity index (χ4v) is 2.78. The molecule has 0 spiro atoms. The number of benzene rings is 2. The fraction of sp³-hybridized carbons (Fsp3) is 0.111. The molecule has 2 aromatic rings. The average molecular weight is 478 g/mol. The van der Waals surface area contributed by atoms with Gasteiger partial charge in [-0.2, -0.15) is 31.6 Å². The minimum absolute atomic E-state index is 0.0435. The number of nitrogens with two attached hydrogens (primary N) is 1. The molecule has 1 amide bonds. The number of nitrogens with one attached hydrogen (secondary N) is 2. The average Bonchev–Trinajstić information content (AvgIpc) is 2.66. The molecule has 2 aromatic carbocycles. The van der Waals surface area contributed by atoms with E-state index in [-0.39, 0.29) is 16.6 Å². The Kier molecular flexibility index (Phi) is 6.86. The number of anilines is 2. The van der Waals surface area contributed by atoms with Crippen LogP contribution < -0.4 is 15.8 Å². The summed E-state index contributed by atoms with van der Waals surface area (Å²) < 4.78 is 99.8. The standard InChI is InChI=1S/C18H12F6N4O3S/c19-17(20,21)11-5-12(18(22,23)24)7-14(6-11)27-9-10(8-25)16(29)28-13-1-3-15(4-2-13)32(26,30)31/h1-7,9,27H,(H,28,29)(H2,26,30,31)/b10-9-. The number of rotatable bonds is 5. The molecular formula is C18H12F6N4O3S. The number of alkyl halides is 6. The normalized spacial score (nSPS) is 12.8. The molecule has 0 atom stereocenters. The van der Waals surface area contributed by atoms with E-state index in [2.05, 4.69) is 10.6 Å². The molecule has 7 nitrogen and oxygen atoms in total. The Balaban J connectivity index is 2.27. The molecule has 0 aliphatic rings. The highest BCUT2D eigenvalue weighted by molar-refractivity contribution is 7.89. The van der Waals surface area contributed by atoms with Crippen molar-refractivity contribution in [3.63, 3.8) is 0 Å². The van der Waals surface area contributed by atoms with Crippen LogP contribution in [0.5, 0.6) is 0 Å². The molecule has 0 unspecified atom stereocenters. The first-order chi connectivity index (χ1) is 14.6. The first-order valence-electron chi connectivity index (χ1n) is 8.22. The van der Waals surface area contributed by atoms with Gasteiger partial charge in [-0.05, 0) is 42.5 Å². The van der Waals surface area contributed by atoms with Gasteiger partial charge in [0.1, 0.15) is 11.6 Å². The zero-order valence-electron chi connectivity index (χ0n) is 15.5. The topological polar surface area (TPSA) is 125 Å². The molecule has 32 heavy (non-hydrogen) atoms. The van der Waals surface area contributed by atoms with Crippen molar-refractivity contribution in [1.82, 2.24) is 0 Å². The summed E-state index contributed by atoms with van der Waals surface area (Å²) in [5.74, 6) is -1.06. The lowest BCUT2D eigenvalue weighted by atomic mass is 10.1. The van der Waals surface area contributed by atoms with E-state index in [0.29, 0.717) is 18.3 Å². The molecule has 0 saturated carbocycles. The lowest BCUT2D eigenvalue weighted by Gasteiger charge is -2.14.